The Labute approximate surface area is 132 Å². The Kier molecular flexibility index (Phi) is 4.19. The number of amides is 3. The Morgan fingerprint density at radius 1 is 1.23 bits per heavy atom. The molecule has 1 N–H and O–H groups in total. The Balaban J connectivity index is 1.63. The molecular weight excluding hydrogens is 304 g/mol. The molecule has 0 radical (unpaired) electrons. The average molecular weight is 322 g/mol. The quantitative estimate of drug-likeness (QED) is 0.841. The van der Waals surface area contributed by atoms with Gasteiger partial charge in [-0.3, -0.25) is 24.6 Å². The third-order valence-corrected chi connectivity index (χ3v) is 5.23. The van der Waals surface area contributed by atoms with Crippen LogP contribution in [0.15, 0.2) is 0 Å². The van der Waals surface area contributed by atoms with Crippen LogP contribution in [0.4, 0.5) is 5.13 Å². The highest BCUT2D eigenvalue weighted by molar-refractivity contribution is 7.15. The molecule has 2 aliphatic rings. The summed E-state index contributed by atoms with van der Waals surface area (Å²) >= 11 is 1.30. The lowest BCUT2D eigenvalue weighted by Crippen LogP contribution is -2.38. The number of nitrogens with one attached hydrogen (secondary N) is 1. The number of aromatic nitrogens is 2. The summed E-state index contributed by atoms with van der Waals surface area (Å²) in [6, 6.07) is 0. The molecule has 8 heteroatoms. The van der Waals surface area contributed by atoms with Crippen molar-refractivity contribution in [2.75, 3.05) is 11.9 Å². The number of likely N-dealkylation sites (tertiary alicyclic amines) is 1. The lowest BCUT2D eigenvalue weighted by atomic mass is 9.81. The number of fused-ring (bicyclic) bond motifs is 1. The Hall–Kier alpha value is -1.83. The van der Waals surface area contributed by atoms with Crippen molar-refractivity contribution in [1.29, 1.82) is 0 Å². The predicted octanol–water partition coefficient (Wildman–Crippen LogP) is 1.21. The Morgan fingerprint density at radius 2 is 1.86 bits per heavy atom. The minimum atomic E-state index is -0.404. The number of hydrogen-bond acceptors (Lipinski definition) is 6. The zero-order valence-electron chi connectivity index (χ0n) is 12.4. The number of nitrogens with zero attached hydrogens (tertiary/aromatic N) is 3. The van der Waals surface area contributed by atoms with Crippen molar-refractivity contribution in [2.24, 2.45) is 11.8 Å². The second-order valence-corrected chi connectivity index (χ2v) is 6.72. The highest BCUT2D eigenvalue weighted by Gasteiger charge is 2.48. The molecule has 118 valence electrons. The summed E-state index contributed by atoms with van der Waals surface area (Å²) < 4.78 is 0. The molecule has 22 heavy (non-hydrogen) atoms. The van der Waals surface area contributed by atoms with Gasteiger partial charge in [-0.15, -0.1) is 10.2 Å². The summed E-state index contributed by atoms with van der Waals surface area (Å²) in [6.45, 7) is 1.72. The molecule has 1 saturated carbocycles. The van der Waals surface area contributed by atoms with Gasteiger partial charge in [-0.2, -0.15) is 0 Å². The van der Waals surface area contributed by atoms with Gasteiger partial charge < -0.3 is 0 Å². The van der Waals surface area contributed by atoms with Crippen LogP contribution in [0.5, 0.6) is 0 Å². The van der Waals surface area contributed by atoms with Crippen molar-refractivity contribution in [1.82, 2.24) is 15.1 Å². The molecule has 3 amide bonds. The van der Waals surface area contributed by atoms with Crippen LogP contribution in [0.2, 0.25) is 0 Å². The molecule has 0 unspecified atom stereocenters. The largest absolute Gasteiger partial charge is 0.299 e. The molecule has 1 aliphatic heterocycles. The highest BCUT2D eigenvalue weighted by atomic mass is 32.1. The summed E-state index contributed by atoms with van der Waals surface area (Å²) in [5.41, 5.74) is 0. The smallest absolute Gasteiger partial charge is 0.246 e. The van der Waals surface area contributed by atoms with E-state index < -0.39 is 5.91 Å². The van der Waals surface area contributed by atoms with E-state index in [1.165, 1.54) is 11.3 Å². The second kappa shape index (κ2) is 6.12. The molecule has 1 aromatic rings. The maximum absolute atomic E-state index is 12.3. The molecule has 3 rings (SSSR count). The van der Waals surface area contributed by atoms with Crippen molar-refractivity contribution >= 4 is 34.2 Å². The summed E-state index contributed by atoms with van der Waals surface area (Å²) in [5, 5.41) is 11.6. The van der Waals surface area contributed by atoms with Crippen LogP contribution in [0.1, 0.15) is 37.6 Å². The van der Waals surface area contributed by atoms with E-state index in [4.69, 9.17) is 0 Å². The number of rotatable bonds is 4. The molecule has 0 aromatic carbocycles. The van der Waals surface area contributed by atoms with Gasteiger partial charge in [0.2, 0.25) is 22.9 Å². The monoisotopic (exact) mass is 322 g/mol. The minimum Gasteiger partial charge on any atom is -0.299 e. The summed E-state index contributed by atoms with van der Waals surface area (Å²) in [7, 11) is 0. The van der Waals surface area contributed by atoms with Crippen molar-refractivity contribution in [3.05, 3.63) is 5.01 Å². The molecule has 2 atom stereocenters. The van der Waals surface area contributed by atoms with Crippen molar-refractivity contribution in [2.45, 2.75) is 39.0 Å². The van der Waals surface area contributed by atoms with E-state index in [9.17, 15) is 14.4 Å². The zero-order valence-corrected chi connectivity index (χ0v) is 13.2. The van der Waals surface area contributed by atoms with Crippen molar-refractivity contribution < 1.29 is 14.4 Å². The molecule has 2 heterocycles. The van der Waals surface area contributed by atoms with Crippen LogP contribution >= 0.6 is 11.3 Å². The van der Waals surface area contributed by atoms with E-state index in [2.05, 4.69) is 15.5 Å². The molecule has 2 fully saturated rings. The van der Waals surface area contributed by atoms with Crippen LogP contribution in [0, 0.1) is 11.8 Å². The predicted molar refractivity (Wildman–Crippen MR) is 80.1 cm³/mol. The Bertz CT molecular complexity index is 591. The number of aryl methyl sites for hydroxylation is 1. The molecule has 1 saturated heterocycles. The van der Waals surface area contributed by atoms with E-state index >= 15 is 0 Å². The van der Waals surface area contributed by atoms with E-state index in [1.54, 1.807) is 0 Å². The van der Waals surface area contributed by atoms with E-state index in [0.717, 1.165) is 42.0 Å². The molecule has 1 aromatic heterocycles. The number of carbonyl (C=O) groups is 3. The van der Waals surface area contributed by atoms with Gasteiger partial charge >= 0.3 is 0 Å². The summed E-state index contributed by atoms with van der Waals surface area (Å²) in [4.78, 5) is 37.7. The molecule has 1 aliphatic carbocycles. The first kappa shape index (κ1) is 15.1. The number of hydrogen-bond donors (Lipinski definition) is 1. The molecular formula is C14H18N4O3S. The first-order valence-electron chi connectivity index (χ1n) is 7.57. The van der Waals surface area contributed by atoms with E-state index in [-0.39, 0.29) is 30.2 Å². The maximum atomic E-state index is 12.3. The fourth-order valence-electron chi connectivity index (χ4n) is 3.14. The van der Waals surface area contributed by atoms with Crippen LogP contribution in [-0.2, 0) is 20.8 Å². The fourth-order valence-corrected chi connectivity index (χ4v) is 3.83. The lowest BCUT2D eigenvalue weighted by Gasteiger charge is -2.19. The molecule has 0 spiro atoms. The topological polar surface area (TPSA) is 92.3 Å². The highest BCUT2D eigenvalue weighted by Crippen LogP contribution is 2.37. The maximum Gasteiger partial charge on any atom is 0.246 e. The van der Waals surface area contributed by atoms with Gasteiger partial charge in [-0.25, -0.2) is 0 Å². The van der Waals surface area contributed by atoms with E-state index in [1.807, 2.05) is 6.92 Å². The first-order chi connectivity index (χ1) is 10.6. The van der Waals surface area contributed by atoms with Crippen molar-refractivity contribution in [3.8, 4) is 0 Å². The fraction of sp³-hybridized carbons (Fsp3) is 0.643. The van der Waals surface area contributed by atoms with Gasteiger partial charge in [0.05, 0.1) is 11.8 Å². The first-order valence-corrected chi connectivity index (χ1v) is 8.39. The van der Waals surface area contributed by atoms with Gasteiger partial charge in [-0.1, -0.05) is 31.1 Å². The summed E-state index contributed by atoms with van der Waals surface area (Å²) in [5.74, 6) is -1.24. The SMILES string of the molecule is CCc1nnc(NC(=O)CN2C(=O)[C@H]3CCCC[C@H]3C2=O)s1. The van der Waals surface area contributed by atoms with Crippen molar-refractivity contribution in [3.63, 3.8) is 0 Å². The van der Waals surface area contributed by atoms with Crippen LogP contribution in [0.3, 0.4) is 0 Å². The number of imide groups is 1. The van der Waals surface area contributed by atoms with Crippen LogP contribution < -0.4 is 5.32 Å². The van der Waals surface area contributed by atoms with Gasteiger partial charge in [0.15, 0.2) is 0 Å². The lowest BCUT2D eigenvalue weighted by molar-refractivity contribution is -0.142. The molecule has 7 nitrogen and oxygen atoms in total. The third-order valence-electron chi connectivity index (χ3n) is 4.25. The summed E-state index contributed by atoms with van der Waals surface area (Å²) in [6.07, 6.45) is 4.21. The minimum absolute atomic E-state index is 0.198. The third kappa shape index (κ3) is 2.75. The van der Waals surface area contributed by atoms with Crippen LogP contribution in [-0.4, -0.2) is 39.4 Å². The zero-order chi connectivity index (χ0) is 15.7. The van der Waals surface area contributed by atoms with Gasteiger partial charge in [0.1, 0.15) is 11.6 Å². The number of anilines is 1. The van der Waals surface area contributed by atoms with Crippen LogP contribution in [0.25, 0.3) is 0 Å². The average Bonchev–Trinajstić information content (AvgIpc) is 3.06. The van der Waals surface area contributed by atoms with Gasteiger partial charge in [0.25, 0.3) is 0 Å². The Morgan fingerprint density at radius 3 is 2.41 bits per heavy atom. The second-order valence-electron chi connectivity index (χ2n) is 5.66. The molecule has 0 bridgehead atoms. The van der Waals surface area contributed by atoms with Gasteiger partial charge in [-0.05, 0) is 19.3 Å². The van der Waals surface area contributed by atoms with E-state index in [0.29, 0.717) is 5.13 Å². The number of carbonyl (C=O) groups excluding carboxylic acids is 3. The standard InChI is InChI=1S/C14H18N4O3S/c1-2-11-16-17-14(22-11)15-10(19)7-18-12(20)8-5-3-4-6-9(8)13(18)21/h8-9H,2-7H2,1H3,(H,15,17,19)/t8-,9+. The van der Waals surface area contributed by atoms with Gasteiger partial charge in [0, 0.05) is 0 Å². The normalized spacial score (nSPS) is 24.5.